The zero-order valence-corrected chi connectivity index (χ0v) is 11.3. The molecule has 1 aromatic carbocycles. The highest BCUT2D eigenvalue weighted by atomic mass is 16.3. The molecule has 17 heavy (non-hydrogen) atoms. The molecule has 0 saturated carbocycles. The minimum absolute atomic E-state index is 0.137. The van der Waals surface area contributed by atoms with Crippen molar-refractivity contribution in [2.45, 2.75) is 32.6 Å². The van der Waals surface area contributed by atoms with Crippen LogP contribution in [0.2, 0.25) is 0 Å². The van der Waals surface area contributed by atoms with Gasteiger partial charge in [-0.25, -0.2) is 0 Å². The Morgan fingerprint density at radius 3 is 2.53 bits per heavy atom. The third-order valence-electron chi connectivity index (χ3n) is 4.64. The zero-order valence-electron chi connectivity index (χ0n) is 11.3. The fourth-order valence-corrected chi connectivity index (χ4v) is 3.07. The van der Waals surface area contributed by atoms with Gasteiger partial charge in [0.15, 0.2) is 0 Å². The van der Waals surface area contributed by atoms with Gasteiger partial charge >= 0.3 is 0 Å². The van der Waals surface area contributed by atoms with Crippen molar-refractivity contribution in [1.82, 2.24) is 4.90 Å². The van der Waals surface area contributed by atoms with Gasteiger partial charge in [-0.3, -0.25) is 0 Å². The second kappa shape index (κ2) is 4.02. The molecule has 0 aliphatic carbocycles. The van der Waals surface area contributed by atoms with Gasteiger partial charge < -0.3 is 10.0 Å². The van der Waals surface area contributed by atoms with Crippen molar-refractivity contribution in [2.24, 2.45) is 5.41 Å². The van der Waals surface area contributed by atoms with Gasteiger partial charge in [-0.15, -0.1) is 0 Å². The third kappa shape index (κ3) is 2.06. The van der Waals surface area contributed by atoms with Crippen LogP contribution >= 0.6 is 0 Å². The van der Waals surface area contributed by atoms with Crippen molar-refractivity contribution in [3.8, 4) is 5.75 Å². The van der Waals surface area contributed by atoms with Crippen molar-refractivity contribution in [2.75, 3.05) is 20.1 Å². The smallest absolute Gasteiger partial charge is 0.115 e. The number of piperidine rings is 1. The third-order valence-corrected chi connectivity index (χ3v) is 4.64. The van der Waals surface area contributed by atoms with Gasteiger partial charge in [-0.05, 0) is 43.1 Å². The molecule has 1 aromatic rings. The van der Waals surface area contributed by atoms with E-state index in [0.717, 1.165) is 19.5 Å². The second-order valence-electron chi connectivity index (χ2n) is 6.25. The van der Waals surface area contributed by atoms with E-state index in [1.54, 1.807) is 6.07 Å². The van der Waals surface area contributed by atoms with Crippen molar-refractivity contribution in [1.29, 1.82) is 0 Å². The van der Waals surface area contributed by atoms with Crippen LogP contribution in [0, 0.1) is 5.41 Å². The molecular formula is C15H23NO. The van der Waals surface area contributed by atoms with Crippen molar-refractivity contribution >= 4 is 0 Å². The van der Waals surface area contributed by atoms with E-state index in [1.807, 2.05) is 12.1 Å². The van der Waals surface area contributed by atoms with Gasteiger partial charge in [-0.1, -0.05) is 32.9 Å². The molecular weight excluding hydrogens is 210 g/mol. The van der Waals surface area contributed by atoms with Crippen LogP contribution in [0.5, 0.6) is 5.75 Å². The lowest BCUT2D eigenvalue weighted by molar-refractivity contribution is 0.0510. The van der Waals surface area contributed by atoms with Crippen molar-refractivity contribution < 1.29 is 5.11 Å². The van der Waals surface area contributed by atoms with E-state index in [4.69, 9.17) is 0 Å². The van der Waals surface area contributed by atoms with Crippen LogP contribution in [-0.2, 0) is 5.41 Å². The monoisotopic (exact) mass is 233 g/mol. The van der Waals surface area contributed by atoms with Crippen molar-refractivity contribution in [3.05, 3.63) is 29.8 Å². The van der Waals surface area contributed by atoms with Gasteiger partial charge in [0.2, 0.25) is 0 Å². The predicted molar refractivity (Wildman–Crippen MR) is 71.4 cm³/mol. The predicted octanol–water partition coefficient (Wildman–Crippen LogP) is 3.01. The molecule has 2 rings (SSSR count). The lowest BCUT2D eigenvalue weighted by atomic mass is 9.59. The highest BCUT2D eigenvalue weighted by molar-refractivity contribution is 5.35. The molecule has 0 amide bonds. The van der Waals surface area contributed by atoms with E-state index in [2.05, 4.69) is 38.8 Å². The van der Waals surface area contributed by atoms with Crippen LogP contribution in [-0.4, -0.2) is 30.1 Å². The van der Waals surface area contributed by atoms with Gasteiger partial charge in [0, 0.05) is 12.0 Å². The van der Waals surface area contributed by atoms with Gasteiger partial charge in [0.05, 0.1) is 0 Å². The maximum atomic E-state index is 9.67. The number of rotatable bonds is 1. The average molecular weight is 233 g/mol. The Labute approximate surface area is 104 Å². The fraction of sp³-hybridized carbons (Fsp3) is 0.600. The van der Waals surface area contributed by atoms with Crippen LogP contribution < -0.4 is 0 Å². The number of aromatic hydroxyl groups is 1. The summed E-state index contributed by atoms with van der Waals surface area (Å²) in [6.45, 7) is 9.20. The van der Waals surface area contributed by atoms with Gasteiger partial charge in [0.1, 0.15) is 5.75 Å². The van der Waals surface area contributed by atoms with Gasteiger partial charge in [0.25, 0.3) is 0 Å². The number of nitrogens with zero attached hydrogens (tertiary/aromatic N) is 1. The number of hydrogen-bond acceptors (Lipinski definition) is 2. The molecule has 0 aromatic heterocycles. The Morgan fingerprint density at radius 2 is 1.94 bits per heavy atom. The Bertz CT molecular complexity index is 413. The standard InChI is InChI=1S/C15H23NO/c1-14(2)11-16(4)9-8-15(14,3)12-6-5-7-13(17)10-12/h5-7,10,17H,8-9,11H2,1-4H3. The molecule has 94 valence electrons. The first-order valence-electron chi connectivity index (χ1n) is 6.33. The molecule has 1 fully saturated rings. The molecule has 1 unspecified atom stereocenters. The van der Waals surface area contributed by atoms with Crippen LogP contribution in [0.4, 0.5) is 0 Å². The first kappa shape index (κ1) is 12.4. The lowest BCUT2D eigenvalue weighted by Gasteiger charge is -2.51. The Morgan fingerprint density at radius 1 is 1.24 bits per heavy atom. The van der Waals surface area contributed by atoms with E-state index in [-0.39, 0.29) is 10.8 Å². The molecule has 1 heterocycles. The molecule has 1 saturated heterocycles. The minimum Gasteiger partial charge on any atom is -0.508 e. The molecule has 1 atom stereocenters. The summed E-state index contributed by atoms with van der Waals surface area (Å²) >= 11 is 0. The molecule has 1 N–H and O–H groups in total. The zero-order chi connectivity index (χ0) is 12.7. The van der Waals surface area contributed by atoms with E-state index < -0.39 is 0 Å². The second-order valence-corrected chi connectivity index (χ2v) is 6.25. The largest absolute Gasteiger partial charge is 0.508 e. The van der Waals surface area contributed by atoms with Gasteiger partial charge in [-0.2, -0.15) is 0 Å². The van der Waals surface area contributed by atoms with E-state index in [1.165, 1.54) is 5.56 Å². The molecule has 1 aliphatic rings. The summed E-state index contributed by atoms with van der Waals surface area (Å²) in [7, 11) is 2.18. The maximum Gasteiger partial charge on any atom is 0.115 e. The SMILES string of the molecule is CN1CCC(C)(c2cccc(O)c2)C(C)(C)C1. The molecule has 2 heteroatoms. The highest BCUT2D eigenvalue weighted by Gasteiger charge is 2.45. The fourth-order valence-electron chi connectivity index (χ4n) is 3.07. The lowest BCUT2D eigenvalue weighted by Crippen LogP contribution is -2.52. The summed E-state index contributed by atoms with van der Waals surface area (Å²) in [6, 6.07) is 7.76. The topological polar surface area (TPSA) is 23.5 Å². The number of phenolic OH excluding ortho intramolecular Hbond substituents is 1. The van der Waals surface area contributed by atoms with Crippen LogP contribution in [0.3, 0.4) is 0 Å². The average Bonchev–Trinajstić information content (AvgIpc) is 2.23. The number of hydrogen-bond donors (Lipinski definition) is 1. The Balaban J connectivity index is 2.41. The number of likely N-dealkylation sites (tertiary alicyclic amines) is 1. The van der Waals surface area contributed by atoms with Crippen LogP contribution in [0.25, 0.3) is 0 Å². The molecule has 0 bridgehead atoms. The van der Waals surface area contributed by atoms with Crippen LogP contribution in [0.15, 0.2) is 24.3 Å². The van der Waals surface area contributed by atoms with E-state index in [9.17, 15) is 5.11 Å². The number of benzene rings is 1. The highest BCUT2D eigenvalue weighted by Crippen LogP contribution is 2.47. The summed E-state index contributed by atoms with van der Waals surface area (Å²) < 4.78 is 0. The molecule has 0 spiro atoms. The van der Waals surface area contributed by atoms with Crippen molar-refractivity contribution in [3.63, 3.8) is 0 Å². The van der Waals surface area contributed by atoms with E-state index in [0.29, 0.717) is 5.75 Å². The Kier molecular flexibility index (Phi) is 2.94. The normalized spacial score (nSPS) is 29.2. The quantitative estimate of drug-likeness (QED) is 0.806. The summed E-state index contributed by atoms with van der Waals surface area (Å²) in [5.74, 6) is 0.374. The molecule has 1 aliphatic heterocycles. The minimum atomic E-state index is 0.137. The maximum absolute atomic E-state index is 9.67. The first-order valence-corrected chi connectivity index (χ1v) is 6.33. The van der Waals surface area contributed by atoms with Crippen LogP contribution in [0.1, 0.15) is 32.8 Å². The number of phenols is 1. The molecule has 0 radical (unpaired) electrons. The summed E-state index contributed by atoms with van der Waals surface area (Å²) in [5.41, 5.74) is 1.61. The first-order chi connectivity index (χ1) is 7.85. The summed E-state index contributed by atoms with van der Waals surface area (Å²) in [4.78, 5) is 2.39. The van der Waals surface area contributed by atoms with E-state index >= 15 is 0 Å². The Hall–Kier alpha value is -1.02. The summed E-state index contributed by atoms with van der Waals surface area (Å²) in [5, 5.41) is 9.67. The summed E-state index contributed by atoms with van der Waals surface area (Å²) in [6.07, 6.45) is 1.14. The molecule has 2 nitrogen and oxygen atoms in total.